The fourth-order valence-electron chi connectivity index (χ4n) is 1.13. The predicted molar refractivity (Wildman–Crippen MR) is 46.2 cm³/mol. The Morgan fingerprint density at radius 3 is 2.90 bits per heavy atom. The Morgan fingerprint density at radius 2 is 2.40 bits per heavy atom. The van der Waals surface area contributed by atoms with Gasteiger partial charge in [0.25, 0.3) is 0 Å². The van der Waals surface area contributed by atoms with E-state index in [1.54, 1.807) is 0 Å². The van der Waals surface area contributed by atoms with Crippen LogP contribution in [0, 0.1) is 0 Å². The summed E-state index contributed by atoms with van der Waals surface area (Å²) in [6, 6.07) is 0. The molecule has 1 aliphatic rings. The molecule has 0 nitrogen and oxygen atoms in total. The van der Waals surface area contributed by atoms with E-state index in [1.165, 1.54) is 24.8 Å². The largest absolute Gasteiger partial charge is 0.0844 e. The molecule has 0 heterocycles. The first-order chi connectivity index (χ1) is 4.84. The second-order valence-electron chi connectivity index (χ2n) is 2.66. The standard InChI is InChI=1S/C9H13Cl/c1-2-3-5-8-6-4-7-9(8)10/h4,7H,2-3,5-6H2,1H3. The van der Waals surface area contributed by atoms with E-state index in [1.807, 2.05) is 6.08 Å². The Morgan fingerprint density at radius 1 is 1.60 bits per heavy atom. The van der Waals surface area contributed by atoms with E-state index < -0.39 is 0 Å². The monoisotopic (exact) mass is 156 g/mol. The van der Waals surface area contributed by atoms with E-state index in [0.29, 0.717) is 0 Å². The van der Waals surface area contributed by atoms with E-state index in [9.17, 15) is 0 Å². The second-order valence-corrected chi connectivity index (χ2v) is 3.07. The van der Waals surface area contributed by atoms with Gasteiger partial charge < -0.3 is 0 Å². The molecule has 0 fully saturated rings. The minimum Gasteiger partial charge on any atom is -0.0844 e. The number of rotatable bonds is 3. The van der Waals surface area contributed by atoms with E-state index in [0.717, 1.165) is 11.5 Å². The smallest absolute Gasteiger partial charge is 0.0398 e. The molecule has 1 heteroatoms. The van der Waals surface area contributed by atoms with Crippen molar-refractivity contribution >= 4 is 11.6 Å². The van der Waals surface area contributed by atoms with Gasteiger partial charge in [-0.1, -0.05) is 31.0 Å². The normalized spacial score (nSPS) is 17.0. The minimum absolute atomic E-state index is 0.980. The van der Waals surface area contributed by atoms with Crippen molar-refractivity contribution in [3.05, 3.63) is 22.8 Å². The Bertz CT molecular complexity index is 166. The van der Waals surface area contributed by atoms with Gasteiger partial charge in [0.05, 0.1) is 0 Å². The van der Waals surface area contributed by atoms with Crippen LogP contribution >= 0.6 is 11.6 Å². The number of unbranched alkanes of at least 4 members (excludes halogenated alkanes) is 1. The number of allylic oxidation sites excluding steroid dienone is 4. The van der Waals surface area contributed by atoms with Crippen LogP contribution in [0.5, 0.6) is 0 Å². The summed E-state index contributed by atoms with van der Waals surface area (Å²) in [6.45, 7) is 2.21. The van der Waals surface area contributed by atoms with Crippen LogP contribution in [0.1, 0.15) is 32.6 Å². The molecule has 0 N–H and O–H groups in total. The molecule has 10 heavy (non-hydrogen) atoms. The van der Waals surface area contributed by atoms with Crippen LogP contribution in [-0.2, 0) is 0 Å². The van der Waals surface area contributed by atoms with Crippen molar-refractivity contribution in [2.24, 2.45) is 0 Å². The summed E-state index contributed by atoms with van der Waals surface area (Å²) in [5, 5.41) is 0.980. The molecule has 0 saturated heterocycles. The highest BCUT2D eigenvalue weighted by molar-refractivity contribution is 6.31. The van der Waals surface area contributed by atoms with Crippen LogP contribution < -0.4 is 0 Å². The van der Waals surface area contributed by atoms with E-state index in [-0.39, 0.29) is 0 Å². The molecule has 0 spiro atoms. The predicted octanol–water partition coefficient (Wildman–Crippen LogP) is 3.63. The molecular formula is C9H13Cl. The summed E-state index contributed by atoms with van der Waals surface area (Å²) >= 11 is 5.91. The summed E-state index contributed by atoms with van der Waals surface area (Å²) in [7, 11) is 0. The van der Waals surface area contributed by atoms with Gasteiger partial charge in [-0.3, -0.25) is 0 Å². The average Bonchev–Trinajstić information content (AvgIpc) is 2.31. The van der Waals surface area contributed by atoms with Crippen molar-refractivity contribution in [3.8, 4) is 0 Å². The molecule has 0 aromatic rings. The van der Waals surface area contributed by atoms with Gasteiger partial charge in [0.15, 0.2) is 0 Å². The van der Waals surface area contributed by atoms with Crippen LogP contribution in [-0.4, -0.2) is 0 Å². The van der Waals surface area contributed by atoms with Crippen molar-refractivity contribution in [1.29, 1.82) is 0 Å². The van der Waals surface area contributed by atoms with Crippen LogP contribution in [0.25, 0.3) is 0 Å². The molecule has 0 unspecified atom stereocenters. The Labute approximate surface area is 67.6 Å². The summed E-state index contributed by atoms with van der Waals surface area (Å²) in [5.41, 5.74) is 1.42. The minimum atomic E-state index is 0.980. The topological polar surface area (TPSA) is 0 Å². The van der Waals surface area contributed by atoms with Gasteiger partial charge in [-0.2, -0.15) is 0 Å². The fourth-order valence-corrected chi connectivity index (χ4v) is 1.39. The van der Waals surface area contributed by atoms with Gasteiger partial charge in [-0.25, -0.2) is 0 Å². The van der Waals surface area contributed by atoms with Crippen LogP contribution in [0.4, 0.5) is 0 Å². The zero-order valence-electron chi connectivity index (χ0n) is 6.36. The zero-order chi connectivity index (χ0) is 7.40. The van der Waals surface area contributed by atoms with Crippen molar-refractivity contribution in [1.82, 2.24) is 0 Å². The molecule has 56 valence electrons. The third-order valence-corrected chi connectivity index (χ3v) is 2.19. The van der Waals surface area contributed by atoms with Crippen molar-refractivity contribution < 1.29 is 0 Å². The molecular weight excluding hydrogens is 144 g/mol. The molecule has 0 bridgehead atoms. The molecule has 1 aliphatic carbocycles. The first-order valence-electron chi connectivity index (χ1n) is 3.88. The van der Waals surface area contributed by atoms with Gasteiger partial charge in [0.1, 0.15) is 0 Å². The second kappa shape index (κ2) is 3.82. The maximum Gasteiger partial charge on any atom is 0.0398 e. The van der Waals surface area contributed by atoms with Crippen LogP contribution in [0.3, 0.4) is 0 Å². The van der Waals surface area contributed by atoms with Gasteiger partial charge in [0.2, 0.25) is 0 Å². The summed E-state index contributed by atoms with van der Waals surface area (Å²) in [5.74, 6) is 0. The Balaban J connectivity index is 2.35. The SMILES string of the molecule is CCCCC1=C(Cl)C=CC1. The molecule has 0 saturated carbocycles. The molecule has 0 aliphatic heterocycles. The summed E-state index contributed by atoms with van der Waals surface area (Å²) in [4.78, 5) is 0. The van der Waals surface area contributed by atoms with E-state index in [4.69, 9.17) is 11.6 Å². The molecule has 0 radical (unpaired) electrons. The van der Waals surface area contributed by atoms with Crippen molar-refractivity contribution in [3.63, 3.8) is 0 Å². The average molecular weight is 157 g/mol. The maximum atomic E-state index is 5.91. The molecule has 0 aromatic heterocycles. The number of hydrogen-bond donors (Lipinski definition) is 0. The zero-order valence-corrected chi connectivity index (χ0v) is 7.12. The lowest BCUT2D eigenvalue weighted by atomic mass is 10.1. The van der Waals surface area contributed by atoms with Gasteiger partial charge in [-0.05, 0) is 30.9 Å². The third kappa shape index (κ3) is 1.88. The van der Waals surface area contributed by atoms with Crippen molar-refractivity contribution in [2.75, 3.05) is 0 Å². The Hall–Kier alpha value is -0.230. The number of halogens is 1. The lowest BCUT2D eigenvalue weighted by Crippen LogP contribution is -1.79. The summed E-state index contributed by atoms with van der Waals surface area (Å²) in [6.07, 6.45) is 8.93. The lowest BCUT2D eigenvalue weighted by molar-refractivity contribution is 0.778. The van der Waals surface area contributed by atoms with Gasteiger partial charge in [0, 0.05) is 5.03 Å². The lowest BCUT2D eigenvalue weighted by Gasteiger charge is -1.99. The highest BCUT2D eigenvalue weighted by atomic mass is 35.5. The first-order valence-corrected chi connectivity index (χ1v) is 4.26. The van der Waals surface area contributed by atoms with Crippen LogP contribution in [0.15, 0.2) is 22.8 Å². The summed E-state index contributed by atoms with van der Waals surface area (Å²) < 4.78 is 0. The number of hydrogen-bond acceptors (Lipinski definition) is 0. The van der Waals surface area contributed by atoms with Gasteiger partial charge >= 0.3 is 0 Å². The molecule has 1 rings (SSSR count). The highest BCUT2D eigenvalue weighted by Crippen LogP contribution is 2.25. The molecule has 0 amide bonds. The van der Waals surface area contributed by atoms with E-state index >= 15 is 0 Å². The first kappa shape index (κ1) is 7.87. The quantitative estimate of drug-likeness (QED) is 0.586. The fraction of sp³-hybridized carbons (Fsp3) is 0.556. The van der Waals surface area contributed by atoms with Gasteiger partial charge in [-0.15, -0.1) is 0 Å². The highest BCUT2D eigenvalue weighted by Gasteiger charge is 2.04. The molecule has 0 aromatic carbocycles. The Kier molecular flexibility index (Phi) is 3.01. The third-order valence-electron chi connectivity index (χ3n) is 1.80. The van der Waals surface area contributed by atoms with Crippen LogP contribution in [0.2, 0.25) is 0 Å². The maximum absolute atomic E-state index is 5.91. The van der Waals surface area contributed by atoms with Crippen molar-refractivity contribution in [2.45, 2.75) is 32.6 Å². The molecule has 0 atom stereocenters. The van der Waals surface area contributed by atoms with E-state index in [2.05, 4.69) is 13.0 Å².